The number of hydrogen-bond acceptors (Lipinski definition) is 2. The van der Waals surface area contributed by atoms with Gasteiger partial charge in [-0.2, -0.15) is 0 Å². The monoisotopic (exact) mass is 230 g/mol. The Balaban J connectivity index is 1.75. The molecular weight excluding hydrogens is 208 g/mol. The lowest BCUT2D eigenvalue weighted by Gasteiger charge is -2.28. The molecule has 0 spiro atoms. The smallest absolute Gasteiger partial charge is 0.0398 e. The first-order chi connectivity index (χ1) is 8.16. The second-order valence-corrected chi connectivity index (χ2v) is 5.85. The minimum absolute atomic E-state index is 0.182. The zero-order chi connectivity index (χ0) is 11.9. The van der Waals surface area contributed by atoms with E-state index in [0.29, 0.717) is 0 Å². The lowest BCUT2D eigenvalue weighted by atomic mass is 9.97. The summed E-state index contributed by atoms with van der Waals surface area (Å²) in [6, 6.07) is 6.99. The molecule has 0 amide bonds. The van der Waals surface area contributed by atoms with E-state index in [1.54, 1.807) is 0 Å². The van der Waals surface area contributed by atoms with Crippen LogP contribution >= 0.6 is 0 Å². The molecule has 1 saturated carbocycles. The van der Waals surface area contributed by atoms with Crippen LogP contribution in [0, 0.1) is 0 Å². The van der Waals surface area contributed by atoms with Crippen LogP contribution in [-0.4, -0.2) is 19.1 Å². The Morgan fingerprint density at radius 2 is 2.18 bits per heavy atom. The number of aryl methyl sites for hydroxylation is 2. The van der Waals surface area contributed by atoms with Crippen LogP contribution in [0.2, 0.25) is 0 Å². The van der Waals surface area contributed by atoms with Crippen molar-refractivity contribution in [2.24, 2.45) is 5.73 Å². The van der Waals surface area contributed by atoms with Gasteiger partial charge in [0.25, 0.3) is 0 Å². The molecule has 1 aromatic rings. The topological polar surface area (TPSA) is 29.3 Å². The third-order valence-corrected chi connectivity index (χ3v) is 4.30. The van der Waals surface area contributed by atoms with Gasteiger partial charge in [0, 0.05) is 24.8 Å². The highest BCUT2D eigenvalue weighted by Crippen LogP contribution is 2.37. The predicted molar refractivity (Wildman–Crippen MR) is 72.5 cm³/mol. The lowest BCUT2D eigenvalue weighted by Crippen LogP contribution is -2.25. The van der Waals surface area contributed by atoms with E-state index < -0.39 is 0 Å². The molecule has 2 N–H and O–H groups in total. The van der Waals surface area contributed by atoms with Crippen molar-refractivity contribution in [2.45, 2.75) is 44.1 Å². The molecule has 0 aromatic heterocycles. The number of nitrogens with zero attached hydrogens (tertiary/aromatic N) is 1. The highest BCUT2D eigenvalue weighted by Gasteiger charge is 2.37. The molecule has 0 saturated heterocycles. The molecule has 2 heteroatoms. The molecule has 92 valence electrons. The summed E-state index contributed by atoms with van der Waals surface area (Å²) in [5, 5.41) is 0. The van der Waals surface area contributed by atoms with Crippen molar-refractivity contribution in [3.05, 3.63) is 29.3 Å². The number of fused-ring (bicyclic) bond motifs is 1. The third kappa shape index (κ3) is 2.32. The van der Waals surface area contributed by atoms with E-state index >= 15 is 0 Å². The molecule has 1 heterocycles. The molecule has 1 aliphatic heterocycles. The highest BCUT2D eigenvalue weighted by atomic mass is 15.1. The van der Waals surface area contributed by atoms with E-state index in [-0.39, 0.29) is 5.54 Å². The Bertz CT molecular complexity index is 421. The fourth-order valence-corrected chi connectivity index (χ4v) is 2.76. The van der Waals surface area contributed by atoms with E-state index in [1.165, 1.54) is 49.0 Å². The van der Waals surface area contributed by atoms with Gasteiger partial charge in [-0.05, 0) is 55.7 Å². The van der Waals surface area contributed by atoms with Crippen LogP contribution in [0.1, 0.15) is 36.8 Å². The second kappa shape index (κ2) is 4.02. The van der Waals surface area contributed by atoms with E-state index in [4.69, 9.17) is 5.73 Å². The summed E-state index contributed by atoms with van der Waals surface area (Å²) in [6.07, 6.45) is 7.25. The van der Waals surface area contributed by atoms with Gasteiger partial charge in [0.15, 0.2) is 0 Å². The van der Waals surface area contributed by atoms with Gasteiger partial charge in [-0.25, -0.2) is 0 Å². The van der Waals surface area contributed by atoms with Gasteiger partial charge in [-0.1, -0.05) is 12.1 Å². The van der Waals surface area contributed by atoms with Crippen molar-refractivity contribution in [3.8, 4) is 0 Å². The highest BCUT2D eigenvalue weighted by molar-refractivity contribution is 5.56. The standard InChI is InChI=1S/C15H22N2/c1-17-10-2-3-13-5-4-12(11-14(13)17)6-7-15(16)8-9-15/h4-5,11H,2-3,6-10,16H2,1H3. The number of hydrogen-bond donors (Lipinski definition) is 1. The van der Waals surface area contributed by atoms with Gasteiger partial charge in [0.05, 0.1) is 0 Å². The van der Waals surface area contributed by atoms with Crippen LogP contribution in [0.4, 0.5) is 5.69 Å². The quantitative estimate of drug-likeness (QED) is 0.864. The van der Waals surface area contributed by atoms with Crippen molar-refractivity contribution < 1.29 is 0 Å². The van der Waals surface area contributed by atoms with Gasteiger partial charge in [-0.3, -0.25) is 0 Å². The molecule has 3 rings (SSSR count). The molecule has 1 aliphatic carbocycles. The lowest BCUT2D eigenvalue weighted by molar-refractivity contribution is 0.609. The van der Waals surface area contributed by atoms with Gasteiger partial charge in [0.2, 0.25) is 0 Å². The summed E-state index contributed by atoms with van der Waals surface area (Å²) in [5.74, 6) is 0. The van der Waals surface area contributed by atoms with Crippen LogP contribution < -0.4 is 10.6 Å². The van der Waals surface area contributed by atoms with E-state index in [9.17, 15) is 0 Å². The van der Waals surface area contributed by atoms with E-state index in [2.05, 4.69) is 30.1 Å². The summed E-state index contributed by atoms with van der Waals surface area (Å²) in [5.41, 5.74) is 10.7. The minimum atomic E-state index is 0.182. The van der Waals surface area contributed by atoms with Gasteiger partial charge in [-0.15, -0.1) is 0 Å². The number of rotatable bonds is 3. The molecule has 0 radical (unpaired) electrons. The number of nitrogens with two attached hydrogens (primary N) is 1. The second-order valence-electron chi connectivity index (χ2n) is 5.85. The van der Waals surface area contributed by atoms with Crippen molar-refractivity contribution >= 4 is 5.69 Å². The normalized spacial score (nSPS) is 21.2. The molecule has 1 aromatic carbocycles. The van der Waals surface area contributed by atoms with Crippen molar-refractivity contribution in [1.82, 2.24) is 0 Å². The van der Waals surface area contributed by atoms with Crippen LogP contribution in [0.25, 0.3) is 0 Å². The minimum Gasteiger partial charge on any atom is -0.374 e. The van der Waals surface area contributed by atoms with Crippen LogP contribution in [0.5, 0.6) is 0 Å². The van der Waals surface area contributed by atoms with Crippen LogP contribution in [0.15, 0.2) is 18.2 Å². The molecule has 1 fully saturated rings. The first-order valence-electron chi connectivity index (χ1n) is 6.78. The molecule has 0 bridgehead atoms. The average Bonchev–Trinajstić information content (AvgIpc) is 3.06. The zero-order valence-corrected chi connectivity index (χ0v) is 10.7. The van der Waals surface area contributed by atoms with E-state index in [0.717, 1.165) is 12.8 Å². The molecule has 2 aliphatic rings. The van der Waals surface area contributed by atoms with Crippen molar-refractivity contribution in [3.63, 3.8) is 0 Å². The first kappa shape index (κ1) is 11.1. The SMILES string of the molecule is CN1CCCc2ccc(CCC3(N)CC3)cc21. The summed E-state index contributed by atoms with van der Waals surface area (Å²) in [4.78, 5) is 2.39. The Morgan fingerprint density at radius 3 is 2.94 bits per heavy atom. The summed E-state index contributed by atoms with van der Waals surface area (Å²) >= 11 is 0. The Labute approximate surface area is 104 Å². The molecular formula is C15H22N2. The maximum atomic E-state index is 6.15. The van der Waals surface area contributed by atoms with Crippen LogP contribution in [-0.2, 0) is 12.8 Å². The summed E-state index contributed by atoms with van der Waals surface area (Å²) in [7, 11) is 2.20. The van der Waals surface area contributed by atoms with Gasteiger partial charge < -0.3 is 10.6 Å². The fraction of sp³-hybridized carbons (Fsp3) is 0.600. The zero-order valence-electron chi connectivity index (χ0n) is 10.7. The summed E-state index contributed by atoms with van der Waals surface area (Å²) < 4.78 is 0. The van der Waals surface area contributed by atoms with Gasteiger partial charge >= 0.3 is 0 Å². The maximum Gasteiger partial charge on any atom is 0.0398 e. The largest absolute Gasteiger partial charge is 0.374 e. The van der Waals surface area contributed by atoms with Crippen LogP contribution in [0.3, 0.4) is 0 Å². The Hall–Kier alpha value is -1.02. The Morgan fingerprint density at radius 1 is 1.35 bits per heavy atom. The average molecular weight is 230 g/mol. The van der Waals surface area contributed by atoms with Gasteiger partial charge in [0.1, 0.15) is 0 Å². The first-order valence-corrected chi connectivity index (χ1v) is 6.78. The number of benzene rings is 1. The predicted octanol–water partition coefficient (Wildman–Crippen LogP) is 2.49. The Kier molecular flexibility index (Phi) is 2.62. The van der Waals surface area contributed by atoms with Crippen molar-refractivity contribution in [1.29, 1.82) is 0 Å². The van der Waals surface area contributed by atoms with E-state index in [1.807, 2.05) is 0 Å². The molecule has 0 atom stereocenters. The number of anilines is 1. The fourth-order valence-electron chi connectivity index (χ4n) is 2.76. The molecule has 0 unspecified atom stereocenters. The summed E-state index contributed by atoms with van der Waals surface area (Å²) in [6.45, 7) is 1.19. The van der Waals surface area contributed by atoms with Crippen molar-refractivity contribution in [2.75, 3.05) is 18.5 Å². The molecule has 17 heavy (non-hydrogen) atoms. The third-order valence-electron chi connectivity index (χ3n) is 4.30. The molecule has 2 nitrogen and oxygen atoms in total. The maximum absolute atomic E-state index is 6.15.